The van der Waals surface area contributed by atoms with Crippen LogP contribution in [0.5, 0.6) is 5.75 Å². The minimum atomic E-state index is -4.66. The van der Waals surface area contributed by atoms with Gasteiger partial charge in [0.25, 0.3) is 5.91 Å². The van der Waals surface area contributed by atoms with Crippen LogP contribution in [0.3, 0.4) is 0 Å². The van der Waals surface area contributed by atoms with Gasteiger partial charge in [-0.05, 0) is 42.0 Å². The van der Waals surface area contributed by atoms with E-state index in [0.29, 0.717) is 5.75 Å². The quantitative estimate of drug-likeness (QED) is 0.865. The molecule has 0 heterocycles. The summed E-state index contributed by atoms with van der Waals surface area (Å²) in [4.78, 5) is 11.5. The minimum absolute atomic E-state index is 0.172. The topological polar surface area (TPSA) is 72.5 Å². The van der Waals surface area contributed by atoms with Crippen molar-refractivity contribution in [1.82, 2.24) is 5.32 Å². The van der Waals surface area contributed by atoms with E-state index in [4.69, 9.17) is 4.74 Å². The first kappa shape index (κ1) is 17.9. The third-order valence-electron chi connectivity index (χ3n) is 3.27. The molecule has 0 spiro atoms. The number of nitrogens with one attached hydrogen (secondary N) is 1. The van der Waals surface area contributed by atoms with Gasteiger partial charge in [-0.1, -0.05) is 12.1 Å². The zero-order valence-corrected chi connectivity index (χ0v) is 13.5. The van der Waals surface area contributed by atoms with Crippen LogP contribution >= 0.6 is 0 Å². The molecule has 0 aliphatic heterocycles. The number of hydrogen-bond acceptors (Lipinski definition) is 4. The van der Waals surface area contributed by atoms with Crippen molar-refractivity contribution in [3.63, 3.8) is 0 Å². The van der Waals surface area contributed by atoms with Crippen molar-refractivity contribution in [2.75, 3.05) is 7.11 Å². The third kappa shape index (κ3) is 4.08. The second kappa shape index (κ2) is 7.39. The summed E-state index contributed by atoms with van der Waals surface area (Å²) >= 11 is 0. The standard InChI is InChI=1S/C16H15F2NO4S/c1-23-13-4-2-3-11(9-13)10-19-15(20)12-5-7-14(8-6-12)24(21,22)16(17)18/h2-9,16H,10H2,1H3,(H,19,20). The predicted molar refractivity (Wildman–Crippen MR) is 83.8 cm³/mol. The lowest BCUT2D eigenvalue weighted by atomic mass is 10.2. The Balaban J connectivity index is 2.05. The zero-order valence-electron chi connectivity index (χ0n) is 12.7. The van der Waals surface area contributed by atoms with Crippen LogP contribution in [-0.2, 0) is 16.4 Å². The Hall–Kier alpha value is -2.48. The molecule has 0 radical (unpaired) electrons. The molecular weight excluding hydrogens is 340 g/mol. The molecule has 5 nitrogen and oxygen atoms in total. The van der Waals surface area contributed by atoms with Gasteiger partial charge in [-0.2, -0.15) is 8.78 Å². The monoisotopic (exact) mass is 355 g/mol. The lowest BCUT2D eigenvalue weighted by Gasteiger charge is -2.08. The van der Waals surface area contributed by atoms with Crippen LogP contribution < -0.4 is 10.1 Å². The summed E-state index contributed by atoms with van der Waals surface area (Å²) in [5.41, 5.74) is 0.991. The zero-order chi connectivity index (χ0) is 17.7. The van der Waals surface area contributed by atoms with E-state index in [0.717, 1.165) is 17.7 Å². The van der Waals surface area contributed by atoms with Crippen LogP contribution in [0.2, 0.25) is 0 Å². The molecular formula is C16H15F2NO4S. The van der Waals surface area contributed by atoms with Crippen LogP contribution in [0.15, 0.2) is 53.4 Å². The van der Waals surface area contributed by atoms with Crippen molar-refractivity contribution in [2.45, 2.75) is 17.2 Å². The van der Waals surface area contributed by atoms with Gasteiger partial charge in [0.2, 0.25) is 9.84 Å². The molecule has 2 aromatic carbocycles. The van der Waals surface area contributed by atoms with Crippen molar-refractivity contribution in [3.05, 3.63) is 59.7 Å². The van der Waals surface area contributed by atoms with E-state index in [1.165, 1.54) is 19.2 Å². The van der Waals surface area contributed by atoms with Crippen molar-refractivity contribution in [3.8, 4) is 5.75 Å². The highest BCUT2D eigenvalue weighted by Gasteiger charge is 2.26. The number of ether oxygens (including phenoxy) is 1. The van der Waals surface area contributed by atoms with Gasteiger partial charge in [0.15, 0.2) is 0 Å². The van der Waals surface area contributed by atoms with Crippen LogP contribution in [0.4, 0.5) is 8.78 Å². The van der Waals surface area contributed by atoms with E-state index >= 15 is 0 Å². The minimum Gasteiger partial charge on any atom is -0.497 e. The SMILES string of the molecule is COc1cccc(CNC(=O)c2ccc(S(=O)(=O)C(F)F)cc2)c1. The molecule has 1 N–H and O–H groups in total. The highest BCUT2D eigenvalue weighted by Crippen LogP contribution is 2.18. The van der Waals surface area contributed by atoms with Crippen LogP contribution in [0.1, 0.15) is 15.9 Å². The van der Waals surface area contributed by atoms with E-state index in [2.05, 4.69) is 5.32 Å². The van der Waals surface area contributed by atoms with Crippen molar-refractivity contribution >= 4 is 15.7 Å². The maximum Gasteiger partial charge on any atom is 0.341 e. The molecule has 24 heavy (non-hydrogen) atoms. The Labute approximate surface area is 138 Å². The number of alkyl halides is 2. The molecule has 0 saturated heterocycles. The normalized spacial score (nSPS) is 11.3. The third-order valence-corrected chi connectivity index (χ3v) is 4.67. The summed E-state index contributed by atoms with van der Waals surface area (Å²) in [7, 11) is -3.13. The molecule has 8 heteroatoms. The molecule has 0 atom stereocenters. The van der Waals surface area contributed by atoms with Gasteiger partial charge in [0, 0.05) is 12.1 Å². The first-order valence-corrected chi connectivity index (χ1v) is 8.42. The molecule has 1 amide bonds. The van der Waals surface area contributed by atoms with E-state index in [1.807, 2.05) is 0 Å². The van der Waals surface area contributed by atoms with Crippen molar-refractivity contribution in [1.29, 1.82) is 0 Å². The van der Waals surface area contributed by atoms with Crippen molar-refractivity contribution in [2.24, 2.45) is 0 Å². The number of carbonyl (C=O) groups is 1. The number of sulfone groups is 1. The maximum atomic E-state index is 12.5. The van der Waals surface area contributed by atoms with Gasteiger partial charge < -0.3 is 10.1 Å². The Bertz CT molecular complexity index is 820. The lowest BCUT2D eigenvalue weighted by Crippen LogP contribution is -2.22. The molecule has 0 unspecified atom stereocenters. The molecule has 128 valence electrons. The van der Waals surface area contributed by atoms with E-state index in [9.17, 15) is 22.0 Å². The number of hydrogen-bond donors (Lipinski definition) is 1. The number of benzene rings is 2. The number of halogens is 2. The predicted octanol–water partition coefficient (Wildman–Crippen LogP) is 2.62. The largest absolute Gasteiger partial charge is 0.497 e. The van der Waals surface area contributed by atoms with Gasteiger partial charge >= 0.3 is 5.76 Å². The number of amides is 1. The van der Waals surface area contributed by atoms with Crippen molar-refractivity contribution < 1.29 is 26.7 Å². The van der Waals surface area contributed by atoms with Gasteiger partial charge in [0.05, 0.1) is 12.0 Å². The van der Waals surface area contributed by atoms with Crippen LogP contribution in [0, 0.1) is 0 Å². The van der Waals surface area contributed by atoms with Gasteiger partial charge in [0.1, 0.15) is 5.75 Å². The number of carbonyl (C=O) groups excluding carboxylic acids is 1. The summed E-state index contributed by atoms with van der Waals surface area (Å²) in [6, 6.07) is 11.5. The van der Waals surface area contributed by atoms with Crippen LogP contribution in [-0.4, -0.2) is 27.2 Å². The van der Waals surface area contributed by atoms with E-state index < -0.39 is 26.4 Å². The number of methoxy groups -OCH3 is 1. The summed E-state index contributed by atoms with van der Waals surface area (Å²) < 4.78 is 52.6. The smallest absolute Gasteiger partial charge is 0.341 e. The fraction of sp³-hybridized carbons (Fsp3) is 0.188. The molecule has 0 aliphatic carbocycles. The Morgan fingerprint density at radius 2 is 1.83 bits per heavy atom. The molecule has 0 saturated carbocycles. The highest BCUT2D eigenvalue weighted by atomic mass is 32.2. The first-order valence-electron chi connectivity index (χ1n) is 6.88. The molecule has 0 aromatic heterocycles. The van der Waals surface area contributed by atoms with Crippen LogP contribution in [0.25, 0.3) is 0 Å². The molecule has 0 aliphatic rings. The molecule has 0 bridgehead atoms. The molecule has 0 fully saturated rings. The second-order valence-corrected chi connectivity index (χ2v) is 6.78. The summed E-state index contributed by atoms with van der Waals surface area (Å²) in [6.07, 6.45) is 0. The van der Waals surface area contributed by atoms with E-state index in [1.54, 1.807) is 24.3 Å². The van der Waals surface area contributed by atoms with Gasteiger partial charge in [-0.3, -0.25) is 4.79 Å². The molecule has 2 aromatic rings. The summed E-state index contributed by atoms with van der Waals surface area (Å²) in [6.45, 7) is 0.243. The van der Waals surface area contributed by atoms with Gasteiger partial charge in [-0.25, -0.2) is 8.42 Å². The Morgan fingerprint density at radius 1 is 1.17 bits per heavy atom. The first-order chi connectivity index (χ1) is 11.3. The average molecular weight is 355 g/mol. The highest BCUT2D eigenvalue weighted by molar-refractivity contribution is 7.91. The Morgan fingerprint density at radius 3 is 2.42 bits per heavy atom. The summed E-state index contributed by atoms with van der Waals surface area (Å²) in [5, 5.41) is 2.66. The summed E-state index contributed by atoms with van der Waals surface area (Å²) in [5.74, 6) is -3.28. The van der Waals surface area contributed by atoms with E-state index in [-0.39, 0.29) is 12.1 Å². The fourth-order valence-corrected chi connectivity index (χ4v) is 2.69. The van der Waals surface area contributed by atoms with Gasteiger partial charge in [-0.15, -0.1) is 0 Å². The molecule has 2 rings (SSSR count). The fourth-order valence-electron chi connectivity index (χ4n) is 1.97. The average Bonchev–Trinajstić information content (AvgIpc) is 2.59. The number of rotatable bonds is 6. The second-order valence-electron chi connectivity index (χ2n) is 4.86. The Kier molecular flexibility index (Phi) is 5.50. The maximum absolute atomic E-state index is 12.5. The lowest BCUT2D eigenvalue weighted by molar-refractivity contribution is 0.0950.